The highest BCUT2D eigenvalue weighted by Crippen LogP contribution is 2.12. The van der Waals surface area contributed by atoms with Gasteiger partial charge in [0.15, 0.2) is 0 Å². The Bertz CT molecular complexity index is 99.5. The fourth-order valence-electron chi connectivity index (χ4n) is 2.33. The van der Waals surface area contributed by atoms with Gasteiger partial charge in [0, 0.05) is 0 Å². The van der Waals surface area contributed by atoms with E-state index in [0.29, 0.717) is 0 Å². The monoisotopic (exact) mass is 213 g/mol. The number of rotatable bonds is 7. The topological polar surface area (TPSA) is 3.24 Å². The lowest BCUT2D eigenvalue weighted by molar-refractivity contribution is 0.661. The molecule has 13 heavy (non-hydrogen) atoms. The first kappa shape index (κ1) is 14.0. The Hall–Kier alpha value is 1.02. The van der Waals surface area contributed by atoms with Crippen LogP contribution in [0.3, 0.4) is 0 Å². The molecule has 0 N–H and O–H groups in total. The molecule has 0 bridgehead atoms. The maximum Gasteiger partial charge on any atom is 0.349 e. The SMILES string of the molecule is CC[N]([Al]([CH2]C)[CH2]C)[Al]([CH2]C)[CH2]C. The molecule has 0 aromatic carbocycles. The zero-order valence-electron chi connectivity index (χ0n) is 10.1. The van der Waals surface area contributed by atoms with Gasteiger partial charge in [0.1, 0.15) is 0 Å². The van der Waals surface area contributed by atoms with Gasteiger partial charge in [-0.25, -0.2) is 0 Å². The molecule has 0 radical (unpaired) electrons. The van der Waals surface area contributed by atoms with Gasteiger partial charge in [-0.15, -0.1) is 0 Å². The summed E-state index contributed by atoms with van der Waals surface area (Å²) in [6.07, 6.45) is 0. The maximum absolute atomic E-state index is 2.96. The molecule has 76 valence electrons. The van der Waals surface area contributed by atoms with Gasteiger partial charge in [0.2, 0.25) is 0 Å². The molecule has 0 aromatic heterocycles. The van der Waals surface area contributed by atoms with Crippen molar-refractivity contribution >= 4 is 28.7 Å². The zero-order valence-corrected chi connectivity index (χ0v) is 12.4. The summed E-state index contributed by atoms with van der Waals surface area (Å²) in [4.78, 5) is 0. The van der Waals surface area contributed by atoms with Crippen LogP contribution in [0.15, 0.2) is 0 Å². The van der Waals surface area contributed by atoms with E-state index in [4.69, 9.17) is 0 Å². The Morgan fingerprint density at radius 1 is 0.692 bits per heavy atom. The molecule has 0 aromatic rings. The van der Waals surface area contributed by atoms with Crippen molar-refractivity contribution in [1.29, 1.82) is 0 Å². The van der Waals surface area contributed by atoms with Crippen molar-refractivity contribution in [2.75, 3.05) is 6.54 Å². The molecule has 3 heteroatoms. The maximum atomic E-state index is 2.96. The van der Waals surface area contributed by atoms with Gasteiger partial charge in [-0.3, -0.25) is 0 Å². The average Bonchev–Trinajstić information content (AvgIpc) is 2.18. The first-order valence-electron chi connectivity index (χ1n) is 6.00. The van der Waals surface area contributed by atoms with Crippen LogP contribution >= 0.6 is 0 Å². The van der Waals surface area contributed by atoms with E-state index in [1.54, 1.807) is 0 Å². The molecule has 0 unspecified atom stereocenters. The van der Waals surface area contributed by atoms with Crippen LogP contribution in [0.1, 0.15) is 34.6 Å². The zero-order chi connectivity index (χ0) is 10.3. The predicted octanol–water partition coefficient (Wildman–Crippen LogP) is 3.37. The summed E-state index contributed by atoms with van der Waals surface area (Å²) in [5.74, 6) is 0. The molecule has 0 atom stereocenters. The van der Waals surface area contributed by atoms with Crippen molar-refractivity contribution < 1.29 is 0 Å². The minimum Gasteiger partial charge on any atom is -0.471 e. The van der Waals surface area contributed by atoms with Gasteiger partial charge in [-0.2, -0.15) is 0 Å². The minimum absolute atomic E-state index is 0.505. The van der Waals surface area contributed by atoms with Gasteiger partial charge in [0.05, 0.1) is 0 Å². The normalized spacial score (nSPS) is 10.6. The van der Waals surface area contributed by atoms with Crippen LogP contribution in [0.2, 0.25) is 21.1 Å². The summed E-state index contributed by atoms with van der Waals surface area (Å²) >= 11 is -1.01. The Morgan fingerprint density at radius 2 is 1.00 bits per heavy atom. The van der Waals surface area contributed by atoms with Crippen LogP contribution in [0.4, 0.5) is 0 Å². The smallest absolute Gasteiger partial charge is 0.349 e. The molecule has 0 amide bonds. The van der Waals surface area contributed by atoms with Crippen molar-refractivity contribution in [2.45, 2.75) is 55.7 Å². The van der Waals surface area contributed by atoms with Gasteiger partial charge in [0.25, 0.3) is 0 Å². The number of nitrogens with zero attached hydrogens (tertiary/aromatic N) is 1. The molecule has 0 aliphatic rings. The Labute approximate surface area is 93.7 Å². The lowest BCUT2D eigenvalue weighted by atomic mass is 10.8. The van der Waals surface area contributed by atoms with Gasteiger partial charge < -0.3 is 2.87 Å². The van der Waals surface area contributed by atoms with E-state index in [1.165, 1.54) is 27.7 Å². The first-order chi connectivity index (χ1) is 6.24. The lowest BCUT2D eigenvalue weighted by Gasteiger charge is -2.31. The summed E-state index contributed by atoms with van der Waals surface area (Å²) in [5.41, 5.74) is 0. The third-order valence-corrected chi connectivity index (χ3v) is 12.1. The molecular weight excluding hydrogens is 188 g/mol. The van der Waals surface area contributed by atoms with E-state index in [9.17, 15) is 0 Å². The highest BCUT2D eigenvalue weighted by molar-refractivity contribution is 6.72. The first-order valence-corrected chi connectivity index (χ1v) is 10.3. The quantitative estimate of drug-likeness (QED) is 0.586. The van der Waals surface area contributed by atoms with Crippen molar-refractivity contribution in [3.63, 3.8) is 0 Å². The molecule has 0 saturated heterocycles. The Balaban J connectivity index is 4.26. The third-order valence-electron chi connectivity index (χ3n) is 3.19. The van der Waals surface area contributed by atoms with Gasteiger partial charge in [-0.05, 0) is 6.54 Å². The fraction of sp³-hybridized carbons (Fsp3) is 1.00. The van der Waals surface area contributed by atoms with E-state index in [1.807, 2.05) is 0 Å². The molecule has 0 rings (SSSR count). The molecule has 0 spiro atoms. The van der Waals surface area contributed by atoms with Crippen molar-refractivity contribution in [2.24, 2.45) is 0 Å². The van der Waals surface area contributed by atoms with Crippen LogP contribution in [0.5, 0.6) is 0 Å². The second-order valence-electron chi connectivity index (χ2n) is 3.77. The highest BCUT2D eigenvalue weighted by Gasteiger charge is 2.29. The number of hydrogen-bond acceptors (Lipinski definition) is 1. The van der Waals surface area contributed by atoms with Gasteiger partial charge in [-0.1, -0.05) is 55.7 Å². The van der Waals surface area contributed by atoms with Crippen molar-refractivity contribution in [3.05, 3.63) is 0 Å². The largest absolute Gasteiger partial charge is 0.471 e. The third kappa shape index (κ3) is 4.37. The Morgan fingerprint density at radius 3 is 1.15 bits per heavy atom. The second-order valence-corrected chi connectivity index (χ2v) is 11.6. The summed E-state index contributed by atoms with van der Waals surface area (Å²) in [7, 11) is 0. The van der Waals surface area contributed by atoms with E-state index >= 15 is 0 Å². The average molecular weight is 213 g/mol. The summed E-state index contributed by atoms with van der Waals surface area (Å²) in [6.45, 7) is 13.2. The molecule has 1 nitrogen and oxygen atoms in total. The van der Waals surface area contributed by atoms with E-state index in [2.05, 4.69) is 37.5 Å². The fourth-order valence-corrected chi connectivity index (χ4v) is 11.3. The van der Waals surface area contributed by atoms with Crippen LogP contribution < -0.4 is 0 Å². The predicted molar refractivity (Wildman–Crippen MR) is 65.8 cm³/mol. The molecular formula is C10H25Al2N. The van der Waals surface area contributed by atoms with Crippen LogP contribution in [-0.4, -0.2) is 38.2 Å². The molecule has 0 fully saturated rings. The van der Waals surface area contributed by atoms with Crippen LogP contribution in [0.25, 0.3) is 0 Å². The second kappa shape index (κ2) is 8.34. The number of hydrogen-bond donors (Lipinski definition) is 0. The van der Waals surface area contributed by atoms with Crippen LogP contribution in [0, 0.1) is 0 Å². The van der Waals surface area contributed by atoms with E-state index in [-0.39, 0.29) is 0 Å². The van der Waals surface area contributed by atoms with E-state index < -0.39 is 28.7 Å². The molecule has 0 saturated carbocycles. The summed E-state index contributed by atoms with van der Waals surface area (Å²) in [6, 6.07) is 0. The highest BCUT2D eigenvalue weighted by atomic mass is 27.3. The van der Waals surface area contributed by atoms with E-state index in [0.717, 1.165) is 0 Å². The summed E-state index contributed by atoms with van der Waals surface area (Å²) in [5, 5.41) is 5.86. The summed E-state index contributed by atoms with van der Waals surface area (Å²) < 4.78 is 2.96. The molecule has 0 aliphatic carbocycles. The Kier molecular flexibility index (Phi) is 9.00. The van der Waals surface area contributed by atoms with Crippen LogP contribution in [-0.2, 0) is 0 Å². The molecule has 0 aliphatic heterocycles. The standard InChI is InChI=1S/C2H5N.4C2H5.2Al/c1-2-3;4*1-2;;/h2H2,1H3;4*1H2,2H3;;. The minimum atomic E-state index is -0.505. The van der Waals surface area contributed by atoms with Crippen molar-refractivity contribution in [1.82, 2.24) is 2.87 Å². The van der Waals surface area contributed by atoms with Crippen molar-refractivity contribution in [3.8, 4) is 0 Å². The molecule has 0 heterocycles. The lowest BCUT2D eigenvalue weighted by Crippen LogP contribution is -2.47. The van der Waals surface area contributed by atoms with Gasteiger partial charge >= 0.3 is 28.7 Å².